The summed E-state index contributed by atoms with van der Waals surface area (Å²) in [5, 5.41) is 3.73. The van der Waals surface area contributed by atoms with E-state index in [1.165, 1.54) is 42.4 Å². The molecule has 0 amide bonds. The van der Waals surface area contributed by atoms with Crippen LogP contribution in [0.5, 0.6) is 0 Å². The maximum Gasteiger partial charge on any atom is 0.0245 e. The average molecular weight is 295 g/mol. The Morgan fingerprint density at radius 3 is 2.76 bits per heavy atom. The molecule has 0 aromatic heterocycles. The number of rotatable bonds is 4. The first kappa shape index (κ1) is 11.7. The molecule has 1 atom stereocenters. The number of nitrogens with one attached hydrogen (secondary N) is 1. The van der Waals surface area contributed by atoms with Crippen molar-refractivity contribution in [3.63, 3.8) is 0 Å². The lowest BCUT2D eigenvalue weighted by Crippen LogP contribution is -2.33. The Morgan fingerprint density at radius 2 is 2.00 bits per heavy atom. The number of likely N-dealkylation sites (tertiary alicyclic amines) is 1. The minimum Gasteiger partial charge on any atom is -0.310 e. The monoisotopic (exact) mass is 294 g/mol. The van der Waals surface area contributed by atoms with E-state index in [4.69, 9.17) is 0 Å². The van der Waals surface area contributed by atoms with E-state index < -0.39 is 0 Å². The van der Waals surface area contributed by atoms with Crippen LogP contribution < -0.4 is 5.32 Å². The van der Waals surface area contributed by atoms with E-state index in [2.05, 4.69) is 50.4 Å². The lowest BCUT2D eigenvalue weighted by atomic mass is 10.2. The highest BCUT2D eigenvalue weighted by molar-refractivity contribution is 9.10. The molecule has 0 spiro atoms. The van der Waals surface area contributed by atoms with E-state index in [-0.39, 0.29) is 0 Å². The Balaban J connectivity index is 1.54. The Labute approximate surface area is 112 Å². The van der Waals surface area contributed by atoms with E-state index in [1.807, 2.05) is 0 Å². The Morgan fingerprint density at radius 1 is 1.18 bits per heavy atom. The molecular formula is C14H19BrN2. The first-order valence-electron chi connectivity index (χ1n) is 6.53. The summed E-state index contributed by atoms with van der Waals surface area (Å²) in [5.74, 6) is 0. The molecule has 17 heavy (non-hydrogen) atoms. The van der Waals surface area contributed by atoms with Crippen LogP contribution in [0.25, 0.3) is 0 Å². The summed E-state index contributed by atoms with van der Waals surface area (Å²) in [7, 11) is 0. The Hall–Kier alpha value is -0.380. The molecule has 1 aromatic rings. The van der Waals surface area contributed by atoms with Crippen molar-refractivity contribution in [2.24, 2.45) is 0 Å². The van der Waals surface area contributed by atoms with Crippen molar-refractivity contribution in [1.29, 1.82) is 0 Å². The average Bonchev–Trinajstić information content (AvgIpc) is 3.02. The topological polar surface area (TPSA) is 15.3 Å². The van der Waals surface area contributed by atoms with Crippen molar-refractivity contribution in [1.82, 2.24) is 10.2 Å². The molecule has 1 saturated heterocycles. The van der Waals surface area contributed by atoms with Crippen molar-refractivity contribution < 1.29 is 0 Å². The van der Waals surface area contributed by atoms with Crippen LogP contribution in [-0.4, -0.2) is 30.1 Å². The second-order valence-corrected chi connectivity index (χ2v) is 6.11. The van der Waals surface area contributed by atoms with Crippen molar-refractivity contribution in [2.45, 2.75) is 37.9 Å². The number of hydrogen-bond donors (Lipinski definition) is 1. The summed E-state index contributed by atoms with van der Waals surface area (Å²) in [5.41, 5.74) is 1.40. The third-order valence-electron chi connectivity index (χ3n) is 3.67. The Bertz CT molecular complexity index is 390. The molecule has 0 radical (unpaired) electrons. The normalized spacial score (nSPS) is 25.4. The van der Waals surface area contributed by atoms with Crippen LogP contribution >= 0.6 is 15.9 Å². The zero-order valence-electron chi connectivity index (χ0n) is 10.0. The van der Waals surface area contributed by atoms with Crippen LogP contribution in [0.15, 0.2) is 28.7 Å². The van der Waals surface area contributed by atoms with Crippen molar-refractivity contribution in [3.8, 4) is 0 Å². The predicted molar refractivity (Wildman–Crippen MR) is 74.0 cm³/mol. The number of halogens is 1. The van der Waals surface area contributed by atoms with Crippen LogP contribution in [0, 0.1) is 0 Å². The maximum absolute atomic E-state index is 3.73. The van der Waals surface area contributed by atoms with E-state index in [1.54, 1.807) is 0 Å². The van der Waals surface area contributed by atoms with Gasteiger partial charge in [0.1, 0.15) is 0 Å². The largest absolute Gasteiger partial charge is 0.310 e. The quantitative estimate of drug-likeness (QED) is 0.919. The molecule has 2 nitrogen and oxygen atoms in total. The van der Waals surface area contributed by atoms with Gasteiger partial charge >= 0.3 is 0 Å². The molecule has 1 aliphatic carbocycles. The summed E-state index contributed by atoms with van der Waals surface area (Å²) in [4.78, 5) is 2.56. The summed E-state index contributed by atoms with van der Waals surface area (Å²) in [6.07, 6.45) is 4.09. The fraction of sp³-hybridized carbons (Fsp3) is 0.571. The standard InChI is InChI=1S/C14H19BrN2/c15-14-4-2-1-3-11(14)9-17-8-7-13(10-17)16-12-5-6-12/h1-4,12-13,16H,5-10H2. The van der Waals surface area contributed by atoms with Gasteiger partial charge < -0.3 is 5.32 Å². The van der Waals surface area contributed by atoms with Gasteiger partial charge in [0.25, 0.3) is 0 Å². The van der Waals surface area contributed by atoms with E-state index in [0.717, 1.165) is 18.6 Å². The molecule has 0 bridgehead atoms. The molecule has 1 heterocycles. The lowest BCUT2D eigenvalue weighted by molar-refractivity contribution is 0.319. The SMILES string of the molecule is Brc1ccccc1CN1CCC(NC2CC2)C1. The second-order valence-electron chi connectivity index (χ2n) is 5.25. The number of benzene rings is 1. The van der Waals surface area contributed by atoms with Gasteiger partial charge in [-0.25, -0.2) is 0 Å². The molecular weight excluding hydrogens is 276 g/mol. The third-order valence-corrected chi connectivity index (χ3v) is 4.45. The minimum atomic E-state index is 0.727. The number of nitrogens with zero attached hydrogens (tertiary/aromatic N) is 1. The van der Waals surface area contributed by atoms with Gasteiger partial charge in [0.2, 0.25) is 0 Å². The van der Waals surface area contributed by atoms with Gasteiger partial charge in [0, 0.05) is 36.2 Å². The predicted octanol–water partition coefficient (Wildman–Crippen LogP) is 2.78. The van der Waals surface area contributed by atoms with Gasteiger partial charge in [0.05, 0.1) is 0 Å². The lowest BCUT2D eigenvalue weighted by Gasteiger charge is -2.17. The molecule has 3 rings (SSSR count). The zero-order chi connectivity index (χ0) is 11.7. The maximum atomic E-state index is 3.73. The highest BCUT2D eigenvalue weighted by Gasteiger charge is 2.29. The summed E-state index contributed by atoms with van der Waals surface area (Å²) in [6.45, 7) is 3.51. The van der Waals surface area contributed by atoms with Crippen LogP contribution in [-0.2, 0) is 6.54 Å². The van der Waals surface area contributed by atoms with Crippen LogP contribution in [0.2, 0.25) is 0 Å². The van der Waals surface area contributed by atoms with Crippen LogP contribution in [0.1, 0.15) is 24.8 Å². The van der Waals surface area contributed by atoms with E-state index in [0.29, 0.717) is 0 Å². The molecule has 3 heteroatoms. The van der Waals surface area contributed by atoms with E-state index >= 15 is 0 Å². The second kappa shape index (κ2) is 5.09. The first-order chi connectivity index (χ1) is 8.31. The van der Waals surface area contributed by atoms with Gasteiger partial charge in [-0.15, -0.1) is 0 Å². The smallest absolute Gasteiger partial charge is 0.0245 e. The van der Waals surface area contributed by atoms with Crippen LogP contribution in [0.3, 0.4) is 0 Å². The molecule has 2 aliphatic rings. The first-order valence-corrected chi connectivity index (χ1v) is 7.32. The summed E-state index contributed by atoms with van der Waals surface area (Å²) >= 11 is 3.63. The highest BCUT2D eigenvalue weighted by atomic mass is 79.9. The zero-order valence-corrected chi connectivity index (χ0v) is 11.6. The molecule has 92 valence electrons. The summed E-state index contributed by atoms with van der Waals surface area (Å²) < 4.78 is 1.23. The minimum absolute atomic E-state index is 0.727. The molecule has 1 aromatic carbocycles. The van der Waals surface area contributed by atoms with Gasteiger partial charge in [-0.1, -0.05) is 34.1 Å². The molecule has 1 aliphatic heterocycles. The number of hydrogen-bond acceptors (Lipinski definition) is 2. The highest BCUT2D eigenvalue weighted by Crippen LogP contribution is 2.24. The molecule has 1 N–H and O–H groups in total. The molecule has 1 unspecified atom stereocenters. The Kier molecular flexibility index (Phi) is 3.50. The fourth-order valence-corrected chi connectivity index (χ4v) is 2.97. The molecule has 2 fully saturated rings. The van der Waals surface area contributed by atoms with Crippen LogP contribution in [0.4, 0.5) is 0 Å². The van der Waals surface area contributed by atoms with Gasteiger partial charge in [-0.2, -0.15) is 0 Å². The van der Waals surface area contributed by atoms with Gasteiger partial charge in [-0.05, 0) is 30.9 Å². The molecule has 1 saturated carbocycles. The van der Waals surface area contributed by atoms with Gasteiger partial charge in [0.15, 0.2) is 0 Å². The third kappa shape index (κ3) is 3.09. The van der Waals surface area contributed by atoms with Crippen molar-refractivity contribution in [2.75, 3.05) is 13.1 Å². The van der Waals surface area contributed by atoms with E-state index in [9.17, 15) is 0 Å². The van der Waals surface area contributed by atoms with Gasteiger partial charge in [-0.3, -0.25) is 4.90 Å². The van der Waals surface area contributed by atoms with Crippen molar-refractivity contribution >= 4 is 15.9 Å². The summed E-state index contributed by atoms with van der Waals surface area (Å²) in [6, 6.07) is 10.1. The fourth-order valence-electron chi connectivity index (χ4n) is 2.56. The van der Waals surface area contributed by atoms with Crippen molar-refractivity contribution in [3.05, 3.63) is 34.3 Å².